The molecule has 3 nitrogen and oxygen atoms in total. The summed E-state index contributed by atoms with van der Waals surface area (Å²) in [5.41, 5.74) is 0. The Balaban J connectivity index is 2.80. The van der Waals surface area contributed by atoms with Crippen LogP contribution in [-0.2, 0) is 4.74 Å². The highest BCUT2D eigenvalue weighted by Crippen LogP contribution is 2.30. The summed E-state index contributed by atoms with van der Waals surface area (Å²) < 4.78 is 5.38. The standard InChI is InChI=1S/C18H38N2O/c1-6-11-19-17-10-9-15(4)14-18(17)20(12-13-21-5)16(7-2)8-3/h15-19H,6-14H2,1-5H3. The first-order chi connectivity index (χ1) is 10.2. The van der Waals surface area contributed by atoms with Gasteiger partial charge in [0.15, 0.2) is 0 Å². The second-order valence-electron chi connectivity index (χ2n) is 6.75. The minimum atomic E-state index is 0.665. The van der Waals surface area contributed by atoms with Crippen LogP contribution >= 0.6 is 0 Å². The van der Waals surface area contributed by atoms with E-state index in [-0.39, 0.29) is 0 Å². The van der Waals surface area contributed by atoms with Crippen molar-refractivity contribution in [1.29, 1.82) is 0 Å². The largest absolute Gasteiger partial charge is 0.383 e. The molecule has 0 aliphatic heterocycles. The zero-order valence-corrected chi connectivity index (χ0v) is 15.0. The highest BCUT2D eigenvalue weighted by atomic mass is 16.5. The lowest BCUT2D eigenvalue weighted by molar-refractivity contribution is 0.0356. The van der Waals surface area contributed by atoms with Crippen LogP contribution in [0.4, 0.5) is 0 Å². The second-order valence-corrected chi connectivity index (χ2v) is 6.75. The summed E-state index contributed by atoms with van der Waals surface area (Å²) in [6.07, 6.45) is 7.75. The van der Waals surface area contributed by atoms with Gasteiger partial charge < -0.3 is 10.1 Å². The van der Waals surface area contributed by atoms with Crippen molar-refractivity contribution in [3.63, 3.8) is 0 Å². The van der Waals surface area contributed by atoms with Gasteiger partial charge in [-0.2, -0.15) is 0 Å². The zero-order valence-electron chi connectivity index (χ0n) is 15.0. The van der Waals surface area contributed by atoms with E-state index in [1.807, 2.05) is 7.11 Å². The number of nitrogens with zero attached hydrogens (tertiary/aromatic N) is 1. The lowest BCUT2D eigenvalue weighted by Gasteiger charge is -2.45. The summed E-state index contributed by atoms with van der Waals surface area (Å²) in [6, 6.07) is 2.04. The maximum atomic E-state index is 5.38. The first-order valence-electron chi connectivity index (χ1n) is 9.15. The van der Waals surface area contributed by atoms with Gasteiger partial charge in [-0.05, 0) is 51.0 Å². The second kappa shape index (κ2) is 10.6. The molecule has 0 radical (unpaired) electrons. The molecule has 0 aromatic rings. The molecule has 1 fully saturated rings. The van der Waals surface area contributed by atoms with Crippen LogP contribution in [0, 0.1) is 5.92 Å². The van der Waals surface area contributed by atoms with E-state index in [0.29, 0.717) is 18.1 Å². The number of rotatable bonds is 10. The van der Waals surface area contributed by atoms with Crippen molar-refractivity contribution in [2.75, 3.05) is 26.8 Å². The predicted molar refractivity (Wildman–Crippen MR) is 91.8 cm³/mol. The molecule has 0 aromatic heterocycles. The topological polar surface area (TPSA) is 24.5 Å². The minimum Gasteiger partial charge on any atom is -0.383 e. The van der Waals surface area contributed by atoms with Crippen LogP contribution in [-0.4, -0.2) is 49.8 Å². The van der Waals surface area contributed by atoms with Crippen molar-refractivity contribution in [1.82, 2.24) is 10.2 Å². The smallest absolute Gasteiger partial charge is 0.0589 e. The van der Waals surface area contributed by atoms with Crippen LogP contribution in [0.25, 0.3) is 0 Å². The molecule has 3 unspecified atom stereocenters. The van der Waals surface area contributed by atoms with Gasteiger partial charge in [-0.3, -0.25) is 4.90 Å². The molecule has 0 amide bonds. The highest BCUT2D eigenvalue weighted by molar-refractivity contribution is 4.92. The minimum absolute atomic E-state index is 0.665. The molecule has 1 aliphatic carbocycles. The van der Waals surface area contributed by atoms with E-state index in [1.54, 1.807) is 0 Å². The van der Waals surface area contributed by atoms with Gasteiger partial charge >= 0.3 is 0 Å². The molecule has 0 heterocycles. The number of ether oxygens (including phenoxy) is 1. The Labute approximate surface area is 132 Å². The lowest BCUT2D eigenvalue weighted by Crippen LogP contribution is -2.56. The molecule has 1 aliphatic rings. The van der Waals surface area contributed by atoms with Crippen LogP contribution in [0.2, 0.25) is 0 Å². The molecule has 0 bridgehead atoms. The van der Waals surface area contributed by atoms with Crippen molar-refractivity contribution in [2.45, 2.75) is 84.3 Å². The Kier molecular flexibility index (Phi) is 9.54. The fourth-order valence-electron chi connectivity index (χ4n) is 3.86. The summed E-state index contributed by atoms with van der Waals surface area (Å²) >= 11 is 0. The summed E-state index contributed by atoms with van der Waals surface area (Å²) in [5.74, 6) is 0.856. The van der Waals surface area contributed by atoms with Crippen LogP contribution in [0.3, 0.4) is 0 Å². The molecule has 3 atom stereocenters. The van der Waals surface area contributed by atoms with Gasteiger partial charge in [0, 0.05) is 31.8 Å². The third-order valence-electron chi connectivity index (χ3n) is 5.13. The van der Waals surface area contributed by atoms with E-state index < -0.39 is 0 Å². The van der Waals surface area contributed by atoms with Gasteiger partial charge in [0.1, 0.15) is 0 Å². The first kappa shape index (κ1) is 18.9. The molecule has 21 heavy (non-hydrogen) atoms. The molecule has 1 N–H and O–H groups in total. The number of methoxy groups -OCH3 is 1. The Morgan fingerprint density at radius 3 is 2.48 bits per heavy atom. The quantitative estimate of drug-likeness (QED) is 0.666. The Morgan fingerprint density at radius 2 is 1.90 bits per heavy atom. The van der Waals surface area contributed by atoms with E-state index in [4.69, 9.17) is 4.74 Å². The van der Waals surface area contributed by atoms with Crippen LogP contribution in [0.5, 0.6) is 0 Å². The normalized spacial score (nSPS) is 26.7. The Morgan fingerprint density at radius 1 is 1.19 bits per heavy atom. The van der Waals surface area contributed by atoms with Crippen LogP contribution < -0.4 is 5.32 Å². The van der Waals surface area contributed by atoms with Crippen molar-refractivity contribution >= 4 is 0 Å². The fourth-order valence-corrected chi connectivity index (χ4v) is 3.86. The van der Waals surface area contributed by atoms with Crippen molar-refractivity contribution in [2.24, 2.45) is 5.92 Å². The van der Waals surface area contributed by atoms with Gasteiger partial charge in [0.05, 0.1) is 6.61 Å². The first-order valence-corrected chi connectivity index (χ1v) is 9.15. The fraction of sp³-hybridized carbons (Fsp3) is 1.00. The number of hydrogen-bond donors (Lipinski definition) is 1. The van der Waals surface area contributed by atoms with Crippen LogP contribution in [0.1, 0.15) is 66.2 Å². The van der Waals surface area contributed by atoms with Crippen molar-refractivity contribution in [3.8, 4) is 0 Å². The zero-order chi connectivity index (χ0) is 15.7. The highest BCUT2D eigenvalue weighted by Gasteiger charge is 2.34. The Hall–Kier alpha value is -0.120. The van der Waals surface area contributed by atoms with E-state index in [9.17, 15) is 0 Å². The third-order valence-corrected chi connectivity index (χ3v) is 5.13. The molecule has 1 rings (SSSR count). The van der Waals surface area contributed by atoms with Gasteiger partial charge in [-0.1, -0.05) is 27.7 Å². The summed E-state index contributed by atoms with van der Waals surface area (Å²) in [7, 11) is 1.82. The summed E-state index contributed by atoms with van der Waals surface area (Å²) in [4.78, 5) is 2.76. The SMILES string of the molecule is CCCNC1CCC(C)CC1N(CCOC)C(CC)CC. The van der Waals surface area contributed by atoms with Gasteiger partial charge in [0.2, 0.25) is 0 Å². The average molecular weight is 299 g/mol. The monoisotopic (exact) mass is 298 g/mol. The number of hydrogen-bond acceptors (Lipinski definition) is 3. The molecule has 0 aromatic carbocycles. The molecular formula is C18H38N2O. The van der Waals surface area contributed by atoms with Gasteiger partial charge in [-0.15, -0.1) is 0 Å². The summed E-state index contributed by atoms with van der Waals surface area (Å²) in [5, 5.41) is 3.82. The molecule has 126 valence electrons. The maximum Gasteiger partial charge on any atom is 0.0589 e. The van der Waals surface area contributed by atoms with Gasteiger partial charge in [0.25, 0.3) is 0 Å². The molecular weight excluding hydrogens is 260 g/mol. The van der Waals surface area contributed by atoms with E-state index >= 15 is 0 Å². The maximum absolute atomic E-state index is 5.38. The molecule has 3 heteroatoms. The predicted octanol–water partition coefficient (Wildman–Crippen LogP) is 3.68. The number of nitrogens with one attached hydrogen (secondary N) is 1. The summed E-state index contributed by atoms with van der Waals surface area (Å²) in [6.45, 7) is 12.4. The Bertz CT molecular complexity index is 254. The lowest BCUT2D eigenvalue weighted by atomic mass is 9.81. The van der Waals surface area contributed by atoms with Crippen molar-refractivity contribution < 1.29 is 4.74 Å². The van der Waals surface area contributed by atoms with E-state index in [1.165, 1.54) is 38.5 Å². The molecule has 0 spiro atoms. The third kappa shape index (κ3) is 5.88. The average Bonchev–Trinajstić information content (AvgIpc) is 2.50. The van der Waals surface area contributed by atoms with Gasteiger partial charge in [-0.25, -0.2) is 0 Å². The van der Waals surface area contributed by atoms with E-state index in [2.05, 4.69) is 37.9 Å². The van der Waals surface area contributed by atoms with Crippen molar-refractivity contribution in [3.05, 3.63) is 0 Å². The molecule has 0 saturated heterocycles. The van der Waals surface area contributed by atoms with E-state index in [0.717, 1.165) is 25.6 Å². The molecule has 1 saturated carbocycles. The van der Waals surface area contributed by atoms with Crippen LogP contribution in [0.15, 0.2) is 0 Å².